The second-order valence-electron chi connectivity index (χ2n) is 5.39. The molecule has 7 heteroatoms. The molecule has 0 aliphatic carbocycles. The summed E-state index contributed by atoms with van der Waals surface area (Å²) < 4.78 is 10.7. The topological polar surface area (TPSA) is 84.7 Å². The number of hydrogen-bond donors (Lipinski definition) is 1. The van der Waals surface area contributed by atoms with Gasteiger partial charge in [-0.15, -0.1) is 0 Å². The molecule has 0 saturated carbocycles. The molecule has 116 valence electrons. The van der Waals surface area contributed by atoms with Crippen LogP contribution >= 0.6 is 0 Å². The number of nitrogens with one attached hydrogen (secondary N) is 1. The number of nitrogens with zero attached hydrogens (tertiary/aromatic N) is 2. The van der Waals surface area contributed by atoms with Crippen molar-refractivity contribution in [1.29, 1.82) is 0 Å². The van der Waals surface area contributed by atoms with Crippen LogP contribution in [0.2, 0.25) is 0 Å². The van der Waals surface area contributed by atoms with Gasteiger partial charge in [-0.2, -0.15) is 0 Å². The highest BCUT2D eigenvalue weighted by Crippen LogP contribution is 2.25. The Balaban J connectivity index is 1.97. The lowest BCUT2D eigenvalue weighted by atomic mass is 10.0. The molecule has 1 aromatic heterocycles. The lowest BCUT2D eigenvalue weighted by Gasteiger charge is -2.18. The van der Waals surface area contributed by atoms with Crippen LogP contribution in [0.5, 0.6) is 0 Å². The van der Waals surface area contributed by atoms with Crippen LogP contribution in [0.25, 0.3) is 0 Å². The minimum Gasteiger partial charge on any atom is -0.448 e. The quantitative estimate of drug-likeness (QED) is 0.887. The molecule has 7 nitrogen and oxygen atoms in total. The van der Waals surface area contributed by atoms with Crippen LogP contribution in [0.1, 0.15) is 42.1 Å². The van der Waals surface area contributed by atoms with Gasteiger partial charge in [0, 0.05) is 33.2 Å². The fourth-order valence-corrected chi connectivity index (χ4v) is 2.24. The Morgan fingerprint density at radius 2 is 2.05 bits per heavy atom. The predicted molar refractivity (Wildman–Crippen MR) is 74.9 cm³/mol. The lowest BCUT2D eigenvalue weighted by Crippen LogP contribution is -2.44. The van der Waals surface area contributed by atoms with E-state index in [4.69, 9.17) is 9.15 Å². The summed E-state index contributed by atoms with van der Waals surface area (Å²) in [5.41, 5.74) is 0.204. The van der Waals surface area contributed by atoms with Gasteiger partial charge in [0.05, 0.1) is 0 Å². The smallest absolute Gasteiger partial charge is 0.273 e. The number of rotatable bonds is 4. The van der Waals surface area contributed by atoms with Gasteiger partial charge in [0.2, 0.25) is 5.91 Å². The van der Waals surface area contributed by atoms with E-state index in [0.717, 1.165) is 12.8 Å². The first-order chi connectivity index (χ1) is 9.99. The first kappa shape index (κ1) is 15.5. The Kier molecular flexibility index (Phi) is 4.95. The second kappa shape index (κ2) is 6.71. The zero-order valence-corrected chi connectivity index (χ0v) is 12.6. The average molecular weight is 295 g/mol. The first-order valence-electron chi connectivity index (χ1n) is 7.04. The molecule has 0 radical (unpaired) electrons. The highest BCUT2D eigenvalue weighted by molar-refractivity contribution is 5.95. The molecule has 2 heterocycles. The van der Waals surface area contributed by atoms with Crippen molar-refractivity contribution < 1.29 is 18.7 Å². The zero-order valence-electron chi connectivity index (χ0n) is 12.6. The summed E-state index contributed by atoms with van der Waals surface area (Å²) in [5.74, 6) is 0.187. The number of hydrogen-bond acceptors (Lipinski definition) is 5. The maximum atomic E-state index is 12.0. The van der Waals surface area contributed by atoms with E-state index in [1.807, 2.05) is 0 Å². The van der Waals surface area contributed by atoms with E-state index in [1.54, 1.807) is 21.0 Å². The summed E-state index contributed by atoms with van der Waals surface area (Å²) in [6.45, 7) is 3.01. The maximum absolute atomic E-state index is 12.0. The van der Waals surface area contributed by atoms with Crippen molar-refractivity contribution in [3.05, 3.63) is 17.8 Å². The van der Waals surface area contributed by atoms with Crippen molar-refractivity contribution in [2.24, 2.45) is 0 Å². The van der Waals surface area contributed by atoms with Crippen molar-refractivity contribution in [1.82, 2.24) is 15.2 Å². The first-order valence-corrected chi connectivity index (χ1v) is 7.04. The van der Waals surface area contributed by atoms with E-state index in [0.29, 0.717) is 19.1 Å². The number of carbonyl (C=O) groups excluding carboxylic acids is 2. The molecule has 1 atom stereocenters. The molecule has 1 N–H and O–H groups in total. The van der Waals surface area contributed by atoms with Crippen molar-refractivity contribution in [3.63, 3.8) is 0 Å². The van der Waals surface area contributed by atoms with Gasteiger partial charge < -0.3 is 19.4 Å². The van der Waals surface area contributed by atoms with Gasteiger partial charge in [-0.05, 0) is 19.8 Å². The minimum atomic E-state index is -0.601. The van der Waals surface area contributed by atoms with E-state index in [9.17, 15) is 9.59 Å². The fraction of sp³-hybridized carbons (Fsp3) is 0.643. The van der Waals surface area contributed by atoms with Crippen LogP contribution in [0.15, 0.2) is 10.7 Å². The van der Waals surface area contributed by atoms with Gasteiger partial charge in [0.25, 0.3) is 5.91 Å². The normalized spacial score (nSPS) is 17.3. The van der Waals surface area contributed by atoms with E-state index in [1.165, 1.54) is 11.2 Å². The molecule has 1 aromatic rings. The zero-order chi connectivity index (χ0) is 15.4. The van der Waals surface area contributed by atoms with Gasteiger partial charge in [0.15, 0.2) is 11.6 Å². The molecule has 1 saturated heterocycles. The molecule has 0 aromatic carbocycles. The number of aromatic nitrogens is 1. The molecular weight excluding hydrogens is 274 g/mol. The SMILES string of the molecule is CC(NC(=O)c1coc(C2CCOCC2)n1)C(=O)N(C)C. The number of likely N-dealkylation sites (N-methyl/N-ethyl adjacent to an activating group) is 1. The fourth-order valence-electron chi connectivity index (χ4n) is 2.24. The maximum Gasteiger partial charge on any atom is 0.273 e. The summed E-state index contributed by atoms with van der Waals surface area (Å²) in [5, 5.41) is 2.62. The second-order valence-corrected chi connectivity index (χ2v) is 5.39. The summed E-state index contributed by atoms with van der Waals surface area (Å²) in [7, 11) is 3.29. The van der Waals surface area contributed by atoms with E-state index < -0.39 is 11.9 Å². The van der Waals surface area contributed by atoms with Gasteiger partial charge in [-0.3, -0.25) is 9.59 Å². The van der Waals surface area contributed by atoms with Crippen molar-refractivity contribution in [2.45, 2.75) is 31.7 Å². The Bertz CT molecular complexity index is 506. The van der Waals surface area contributed by atoms with Crippen LogP contribution in [0.4, 0.5) is 0 Å². The van der Waals surface area contributed by atoms with Gasteiger partial charge in [0.1, 0.15) is 12.3 Å². The minimum absolute atomic E-state index is 0.170. The third kappa shape index (κ3) is 3.81. The Labute approximate surface area is 123 Å². The molecule has 2 rings (SSSR count). The monoisotopic (exact) mass is 295 g/mol. The number of carbonyl (C=O) groups is 2. The van der Waals surface area contributed by atoms with Crippen molar-refractivity contribution in [3.8, 4) is 0 Å². The van der Waals surface area contributed by atoms with Crippen LogP contribution < -0.4 is 5.32 Å². The Morgan fingerprint density at radius 1 is 1.38 bits per heavy atom. The molecule has 1 unspecified atom stereocenters. The largest absolute Gasteiger partial charge is 0.448 e. The van der Waals surface area contributed by atoms with Gasteiger partial charge >= 0.3 is 0 Å². The molecule has 0 spiro atoms. The standard InChI is InChI=1S/C14H21N3O4/c1-9(14(19)17(2)3)15-12(18)11-8-21-13(16-11)10-4-6-20-7-5-10/h8-10H,4-7H2,1-3H3,(H,15,18). The van der Waals surface area contributed by atoms with Crippen LogP contribution in [-0.2, 0) is 9.53 Å². The van der Waals surface area contributed by atoms with Crippen LogP contribution in [0.3, 0.4) is 0 Å². The average Bonchev–Trinajstić information content (AvgIpc) is 2.97. The Morgan fingerprint density at radius 3 is 2.67 bits per heavy atom. The summed E-state index contributed by atoms with van der Waals surface area (Å²) >= 11 is 0. The molecule has 1 fully saturated rings. The van der Waals surface area contributed by atoms with Gasteiger partial charge in [-0.25, -0.2) is 4.98 Å². The Hall–Kier alpha value is -1.89. The molecule has 0 bridgehead atoms. The van der Waals surface area contributed by atoms with Gasteiger partial charge in [-0.1, -0.05) is 0 Å². The van der Waals surface area contributed by atoms with Crippen molar-refractivity contribution >= 4 is 11.8 Å². The van der Waals surface area contributed by atoms with E-state index >= 15 is 0 Å². The third-order valence-electron chi connectivity index (χ3n) is 3.48. The number of ether oxygens (including phenoxy) is 1. The lowest BCUT2D eigenvalue weighted by molar-refractivity contribution is -0.130. The molecular formula is C14H21N3O4. The molecule has 1 aliphatic rings. The molecule has 2 amide bonds. The van der Waals surface area contributed by atoms with Crippen LogP contribution in [-0.4, -0.2) is 55.0 Å². The summed E-state index contributed by atoms with van der Waals surface area (Å²) in [4.78, 5) is 29.4. The van der Waals surface area contributed by atoms with E-state index in [2.05, 4.69) is 10.3 Å². The van der Waals surface area contributed by atoms with E-state index in [-0.39, 0.29) is 17.5 Å². The predicted octanol–water partition coefficient (Wildman–Crippen LogP) is 0.775. The van der Waals surface area contributed by atoms with Crippen molar-refractivity contribution in [2.75, 3.05) is 27.3 Å². The van der Waals surface area contributed by atoms with Crippen LogP contribution in [0, 0.1) is 0 Å². The summed E-state index contributed by atoms with van der Waals surface area (Å²) in [6.07, 6.45) is 3.03. The number of amides is 2. The molecule has 21 heavy (non-hydrogen) atoms. The molecule has 1 aliphatic heterocycles. The highest BCUT2D eigenvalue weighted by atomic mass is 16.5. The number of oxazole rings is 1. The third-order valence-corrected chi connectivity index (χ3v) is 3.48. The highest BCUT2D eigenvalue weighted by Gasteiger charge is 2.24. The summed E-state index contributed by atoms with van der Waals surface area (Å²) in [6, 6.07) is -0.601.